The first-order chi connectivity index (χ1) is 13.7. The number of nitrogens with zero attached hydrogens (tertiary/aromatic N) is 1. The highest BCUT2D eigenvalue weighted by Gasteiger charge is 2.50. The number of amides is 2. The molecule has 2 aromatic rings. The van der Waals surface area contributed by atoms with Gasteiger partial charge in [-0.05, 0) is 56.3 Å². The number of sulfonamides is 2. The molecule has 9 nitrogen and oxygen atoms in total. The predicted octanol–water partition coefficient (Wildman–Crippen LogP) is 1.94. The Hall–Kier alpha value is -2.47. The fourth-order valence-corrected chi connectivity index (χ4v) is 5.82. The van der Waals surface area contributed by atoms with Gasteiger partial charge in [-0.15, -0.1) is 0 Å². The van der Waals surface area contributed by atoms with Crippen molar-refractivity contribution in [2.45, 2.75) is 18.7 Å². The van der Waals surface area contributed by atoms with Crippen LogP contribution in [0.15, 0.2) is 47.4 Å². The molecule has 1 saturated heterocycles. The molecule has 160 valence electrons. The summed E-state index contributed by atoms with van der Waals surface area (Å²) in [7, 11) is -7.77. The molecule has 0 spiro atoms. The van der Waals surface area contributed by atoms with Crippen LogP contribution in [0.25, 0.3) is 0 Å². The average molecular weight is 472 g/mol. The number of halogens is 1. The van der Waals surface area contributed by atoms with Crippen molar-refractivity contribution in [3.63, 3.8) is 0 Å². The number of carbonyl (C=O) groups is 2. The first-order valence-electron chi connectivity index (χ1n) is 8.54. The fraction of sp³-hybridized carbons (Fsp3) is 0.222. The van der Waals surface area contributed by atoms with Crippen molar-refractivity contribution in [1.29, 1.82) is 0 Å². The summed E-state index contributed by atoms with van der Waals surface area (Å²) < 4.78 is 48.2. The summed E-state index contributed by atoms with van der Waals surface area (Å²) in [5.41, 5.74) is -0.881. The Morgan fingerprint density at radius 3 is 2.27 bits per heavy atom. The SMILES string of the molecule is CC1(C)CS(=O)(=O)N(c2ccc(Cl)c(C(=O)Nc3ccc(S(N)(=O)=O)cc3)c2)C1=O. The van der Waals surface area contributed by atoms with E-state index in [2.05, 4.69) is 5.32 Å². The molecule has 0 aliphatic carbocycles. The van der Waals surface area contributed by atoms with Gasteiger partial charge in [0.2, 0.25) is 26.0 Å². The molecule has 1 aliphatic heterocycles. The number of primary sulfonamides is 1. The van der Waals surface area contributed by atoms with Crippen LogP contribution < -0.4 is 14.8 Å². The standard InChI is InChI=1S/C18H18ClN3O6S2/c1-18(2)10-29(25,26)22(17(18)24)12-5-8-15(19)14(9-12)16(23)21-11-3-6-13(7-4-11)30(20,27)28/h3-9H,10H2,1-2H3,(H,21,23)(H2,20,27,28). The highest BCUT2D eigenvalue weighted by molar-refractivity contribution is 7.94. The van der Waals surface area contributed by atoms with Gasteiger partial charge in [-0.1, -0.05) is 11.6 Å². The van der Waals surface area contributed by atoms with Gasteiger partial charge < -0.3 is 5.32 Å². The maximum atomic E-state index is 12.7. The molecule has 30 heavy (non-hydrogen) atoms. The number of nitrogens with two attached hydrogens (primary N) is 1. The molecule has 0 radical (unpaired) electrons. The van der Waals surface area contributed by atoms with Crippen molar-refractivity contribution >= 4 is 54.8 Å². The highest BCUT2D eigenvalue weighted by Crippen LogP contribution is 2.37. The molecular weight excluding hydrogens is 454 g/mol. The van der Waals surface area contributed by atoms with E-state index in [1.807, 2.05) is 0 Å². The second-order valence-corrected chi connectivity index (χ2v) is 11.2. The zero-order valence-corrected chi connectivity index (χ0v) is 18.3. The minimum atomic E-state index is -3.89. The lowest BCUT2D eigenvalue weighted by molar-refractivity contribution is -0.123. The van der Waals surface area contributed by atoms with Crippen molar-refractivity contribution in [1.82, 2.24) is 0 Å². The van der Waals surface area contributed by atoms with E-state index in [9.17, 15) is 26.4 Å². The van der Waals surface area contributed by atoms with Crippen LogP contribution in [0.5, 0.6) is 0 Å². The van der Waals surface area contributed by atoms with Crippen LogP contribution in [-0.4, -0.2) is 34.4 Å². The van der Waals surface area contributed by atoms with Crippen LogP contribution >= 0.6 is 11.6 Å². The van der Waals surface area contributed by atoms with Crippen molar-refractivity contribution in [3.05, 3.63) is 53.1 Å². The van der Waals surface area contributed by atoms with Crippen molar-refractivity contribution in [3.8, 4) is 0 Å². The Kier molecular flexibility index (Phi) is 5.44. The number of anilines is 2. The number of hydrogen-bond acceptors (Lipinski definition) is 6. The fourth-order valence-electron chi connectivity index (χ4n) is 3.00. The molecule has 2 amide bonds. The molecule has 12 heteroatoms. The molecule has 3 rings (SSSR count). The Bertz CT molecular complexity index is 1260. The van der Waals surface area contributed by atoms with Gasteiger partial charge in [-0.25, -0.2) is 26.3 Å². The van der Waals surface area contributed by atoms with Crippen molar-refractivity contribution < 1.29 is 26.4 Å². The lowest BCUT2D eigenvalue weighted by Gasteiger charge is -2.18. The normalized spacial score (nSPS) is 17.7. The van der Waals surface area contributed by atoms with Gasteiger partial charge >= 0.3 is 0 Å². The minimum absolute atomic E-state index is 0.00435. The van der Waals surface area contributed by atoms with Crippen molar-refractivity contribution in [2.24, 2.45) is 10.6 Å². The molecule has 1 aliphatic rings. The molecule has 0 bridgehead atoms. The smallest absolute Gasteiger partial charge is 0.257 e. The van der Waals surface area contributed by atoms with Crippen LogP contribution in [0.3, 0.4) is 0 Å². The van der Waals surface area contributed by atoms with Crippen molar-refractivity contribution in [2.75, 3.05) is 15.4 Å². The second-order valence-electron chi connectivity index (χ2n) is 7.40. The third-order valence-corrected chi connectivity index (χ3v) is 7.73. The van der Waals surface area contributed by atoms with E-state index in [0.717, 1.165) is 0 Å². The Morgan fingerprint density at radius 1 is 1.17 bits per heavy atom. The largest absolute Gasteiger partial charge is 0.322 e. The third-order valence-electron chi connectivity index (χ3n) is 4.45. The van der Waals surface area contributed by atoms with Crippen LogP contribution in [0.1, 0.15) is 24.2 Å². The third kappa shape index (κ3) is 4.19. The van der Waals surface area contributed by atoms with Gasteiger partial charge in [-0.2, -0.15) is 0 Å². The molecule has 0 atom stereocenters. The average Bonchev–Trinajstić information content (AvgIpc) is 2.78. The molecule has 3 N–H and O–H groups in total. The number of rotatable bonds is 4. The molecule has 2 aromatic carbocycles. The first-order valence-corrected chi connectivity index (χ1v) is 12.1. The summed E-state index contributed by atoms with van der Waals surface area (Å²) in [6.07, 6.45) is 0. The highest BCUT2D eigenvalue weighted by atomic mass is 35.5. The molecule has 0 saturated carbocycles. The van der Waals surface area contributed by atoms with E-state index >= 15 is 0 Å². The summed E-state index contributed by atoms with van der Waals surface area (Å²) in [6.45, 7) is 3.06. The zero-order chi connectivity index (χ0) is 22.5. The van der Waals surface area contributed by atoms with Gasteiger partial charge in [0.15, 0.2) is 0 Å². The summed E-state index contributed by atoms with van der Waals surface area (Å²) in [4.78, 5) is 25.1. The molecule has 0 unspecified atom stereocenters. The summed E-state index contributed by atoms with van der Waals surface area (Å²) in [6, 6.07) is 9.01. The minimum Gasteiger partial charge on any atom is -0.322 e. The van der Waals surface area contributed by atoms with Crippen LogP contribution in [0, 0.1) is 5.41 Å². The molecule has 0 aromatic heterocycles. The lowest BCUT2D eigenvalue weighted by atomic mass is 9.95. The lowest BCUT2D eigenvalue weighted by Crippen LogP contribution is -2.33. The van der Waals surface area contributed by atoms with E-state index < -0.39 is 37.3 Å². The maximum absolute atomic E-state index is 12.7. The second kappa shape index (κ2) is 7.34. The van der Waals surface area contributed by atoms with E-state index in [-0.39, 0.29) is 32.6 Å². The van der Waals surface area contributed by atoms with Crippen LogP contribution in [0.2, 0.25) is 5.02 Å². The molecule has 1 fully saturated rings. The Labute approximate surface area is 178 Å². The summed E-state index contributed by atoms with van der Waals surface area (Å²) in [5, 5.41) is 7.61. The monoisotopic (exact) mass is 471 g/mol. The van der Waals surface area contributed by atoms with E-state index in [0.29, 0.717) is 4.31 Å². The predicted molar refractivity (Wildman–Crippen MR) is 112 cm³/mol. The Balaban J connectivity index is 1.92. The molecule has 1 heterocycles. The number of benzene rings is 2. The van der Waals surface area contributed by atoms with Crippen LogP contribution in [0.4, 0.5) is 11.4 Å². The van der Waals surface area contributed by atoms with Crippen LogP contribution in [-0.2, 0) is 24.8 Å². The quantitative estimate of drug-likeness (QED) is 0.697. The number of carbonyl (C=O) groups excluding carboxylic acids is 2. The zero-order valence-electron chi connectivity index (χ0n) is 15.9. The maximum Gasteiger partial charge on any atom is 0.257 e. The number of nitrogens with one attached hydrogen (secondary N) is 1. The molecular formula is C18H18ClN3O6S2. The van der Waals surface area contributed by atoms with Gasteiger partial charge in [0.05, 0.1) is 32.3 Å². The van der Waals surface area contributed by atoms with Gasteiger partial charge in [-0.3, -0.25) is 9.59 Å². The van der Waals surface area contributed by atoms with E-state index in [4.69, 9.17) is 16.7 Å². The Morgan fingerprint density at radius 2 is 1.77 bits per heavy atom. The topological polar surface area (TPSA) is 144 Å². The first kappa shape index (κ1) is 22.2. The van der Waals surface area contributed by atoms with E-state index in [1.54, 1.807) is 0 Å². The van der Waals surface area contributed by atoms with E-state index in [1.165, 1.54) is 56.3 Å². The summed E-state index contributed by atoms with van der Waals surface area (Å²) in [5.74, 6) is -1.62. The van der Waals surface area contributed by atoms with Gasteiger partial charge in [0, 0.05) is 5.69 Å². The summed E-state index contributed by atoms with van der Waals surface area (Å²) >= 11 is 6.10. The van der Waals surface area contributed by atoms with Gasteiger partial charge in [0.25, 0.3) is 5.91 Å². The van der Waals surface area contributed by atoms with Gasteiger partial charge in [0.1, 0.15) is 0 Å². The number of hydrogen-bond donors (Lipinski definition) is 2.